The summed E-state index contributed by atoms with van der Waals surface area (Å²) < 4.78 is 0. The minimum Gasteiger partial charge on any atom is -0.392 e. The maximum Gasteiger partial charge on any atom is 0.258 e. The fourth-order valence-corrected chi connectivity index (χ4v) is 2.74. The van der Waals surface area contributed by atoms with Gasteiger partial charge in [0.1, 0.15) is 11.8 Å². The number of carbonyl (C=O) groups excluding carboxylic acids is 1. The molecule has 1 aromatic heterocycles. The molecule has 0 aliphatic heterocycles. The highest BCUT2D eigenvalue weighted by atomic mass is 35.5. The number of nitrogens with one attached hydrogen (secondary N) is 1. The molecule has 0 fully saturated rings. The van der Waals surface area contributed by atoms with E-state index >= 15 is 0 Å². The lowest BCUT2D eigenvalue weighted by atomic mass is 10.0. The van der Waals surface area contributed by atoms with Crippen molar-refractivity contribution >= 4 is 29.4 Å². The maximum absolute atomic E-state index is 12.6. The third-order valence-corrected chi connectivity index (χ3v) is 4.17. The number of halogens is 1. The minimum absolute atomic E-state index is 0.166. The van der Waals surface area contributed by atoms with Gasteiger partial charge in [-0.2, -0.15) is 0 Å². The van der Waals surface area contributed by atoms with Crippen molar-refractivity contribution in [1.29, 1.82) is 0 Å². The quantitative estimate of drug-likeness (QED) is 0.198. The summed E-state index contributed by atoms with van der Waals surface area (Å²) in [6.07, 6.45) is 4.80. The van der Waals surface area contributed by atoms with E-state index in [2.05, 4.69) is 22.0 Å². The topological polar surface area (TPSA) is 63.6 Å². The average Bonchev–Trinajstić information content (AvgIpc) is 2.72. The number of rotatable bonds is 7. The number of amides is 1. The molecule has 1 heterocycles. The Morgan fingerprint density at radius 1 is 1.14 bits per heavy atom. The van der Waals surface area contributed by atoms with Crippen LogP contribution >= 0.6 is 11.6 Å². The highest BCUT2D eigenvalue weighted by Crippen LogP contribution is 2.28. The van der Waals surface area contributed by atoms with Crippen molar-refractivity contribution in [1.82, 2.24) is 4.98 Å². The van der Waals surface area contributed by atoms with Crippen molar-refractivity contribution in [3.05, 3.63) is 95.8 Å². The van der Waals surface area contributed by atoms with Crippen LogP contribution in [-0.2, 0) is 4.84 Å². The molecule has 3 rings (SSSR count). The number of aromatic nitrogens is 1. The normalized spacial score (nSPS) is 10.6. The summed E-state index contributed by atoms with van der Waals surface area (Å²) in [4.78, 5) is 21.5. The van der Waals surface area contributed by atoms with Crippen LogP contribution in [0.25, 0.3) is 11.1 Å². The lowest BCUT2D eigenvalue weighted by Gasteiger charge is -2.12. The first-order chi connectivity index (χ1) is 13.7. The number of pyridine rings is 1. The standard InChI is InChI=1S/C22H18ClN3O2/c1-2-14-28-25-15-16-9-11-17(12-10-16)18-6-3-4-8-20(18)26-22(27)19-7-5-13-24-21(19)23/h2-13,15H,1,14H2,(H,26,27). The van der Waals surface area contributed by atoms with Gasteiger partial charge >= 0.3 is 0 Å². The van der Waals surface area contributed by atoms with Gasteiger partial charge in [0.15, 0.2) is 0 Å². The molecule has 1 N–H and O–H groups in total. The van der Waals surface area contributed by atoms with Crippen molar-refractivity contribution in [2.75, 3.05) is 11.9 Å². The number of oxime groups is 1. The molecular formula is C22H18ClN3O2. The van der Waals surface area contributed by atoms with E-state index in [0.29, 0.717) is 17.9 Å². The first-order valence-corrected chi connectivity index (χ1v) is 8.94. The predicted molar refractivity (Wildman–Crippen MR) is 113 cm³/mol. The summed E-state index contributed by atoms with van der Waals surface area (Å²) in [5, 5.41) is 6.94. The molecule has 0 saturated heterocycles. The van der Waals surface area contributed by atoms with Gasteiger partial charge in [0.2, 0.25) is 0 Å². The van der Waals surface area contributed by atoms with Crippen LogP contribution < -0.4 is 5.32 Å². The third-order valence-electron chi connectivity index (χ3n) is 3.87. The number of para-hydroxylation sites is 1. The summed E-state index contributed by atoms with van der Waals surface area (Å²) in [6, 6.07) is 18.6. The minimum atomic E-state index is -0.311. The van der Waals surface area contributed by atoms with E-state index in [-0.39, 0.29) is 11.1 Å². The summed E-state index contributed by atoms with van der Waals surface area (Å²) in [7, 11) is 0. The summed E-state index contributed by atoms with van der Waals surface area (Å²) in [5.74, 6) is -0.311. The van der Waals surface area contributed by atoms with Crippen LogP contribution in [0.2, 0.25) is 5.15 Å². The number of benzene rings is 2. The Bertz CT molecular complexity index is 1000. The van der Waals surface area contributed by atoms with Crippen LogP contribution in [0.4, 0.5) is 5.69 Å². The molecule has 0 aliphatic carbocycles. The van der Waals surface area contributed by atoms with Gasteiger partial charge in [-0.3, -0.25) is 4.79 Å². The zero-order valence-corrected chi connectivity index (χ0v) is 15.8. The third kappa shape index (κ3) is 4.84. The fraction of sp³-hybridized carbons (Fsp3) is 0.0455. The van der Waals surface area contributed by atoms with E-state index in [9.17, 15) is 4.79 Å². The lowest BCUT2D eigenvalue weighted by molar-refractivity contribution is 0.102. The number of hydrogen-bond donors (Lipinski definition) is 1. The summed E-state index contributed by atoms with van der Waals surface area (Å²) in [5.41, 5.74) is 3.75. The first-order valence-electron chi connectivity index (χ1n) is 8.56. The van der Waals surface area contributed by atoms with Crippen LogP contribution in [0.1, 0.15) is 15.9 Å². The SMILES string of the molecule is C=CCON=Cc1ccc(-c2ccccc2NC(=O)c2cccnc2Cl)cc1. The van der Waals surface area contributed by atoms with Gasteiger partial charge in [0.25, 0.3) is 5.91 Å². The smallest absolute Gasteiger partial charge is 0.258 e. The van der Waals surface area contributed by atoms with Crippen LogP contribution in [0.5, 0.6) is 0 Å². The van der Waals surface area contributed by atoms with Crippen molar-refractivity contribution in [2.24, 2.45) is 5.16 Å². The molecule has 0 unspecified atom stereocenters. The second kappa shape index (κ2) is 9.48. The van der Waals surface area contributed by atoms with E-state index in [4.69, 9.17) is 16.4 Å². The largest absolute Gasteiger partial charge is 0.392 e. The van der Waals surface area contributed by atoms with Crippen LogP contribution in [0.3, 0.4) is 0 Å². The van der Waals surface area contributed by atoms with Gasteiger partial charge in [0, 0.05) is 17.4 Å². The molecule has 0 aliphatic rings. The van der Waals surface area contributed by atoms with Crippen molar-refractivity contribution in [3.8, 4) is 11.1 Å². The molecule has 0 radical (unpaired) electrons. The van der Waals surface area contributed by atoms with Gasteiger partial charge in [-0.1, -0.05) is 71.9 Å². The molecular weight excluding hydrogens is 374 g/mol. The Kier molecular flexibility index (Phi) is 6.54. The van der Waals surface area contributed by atoms with Gasteiger partial charge in [-0.05, 0) is 29.3 Å². The van der Waals surface area contributed by atoms with Crippen LogP contribution in [-0.4, -0.2) is 23.7 Å². The van der Waals surface area contributed by atoms with Crippen molar-refractivity contribution in [2.45, 2.75) is 0 Å². The molecule has 140 valence electrons. The van der Waals surface area contributed by atoms with Gasteiger partial charge < -0.3 is 10.2 Å². The Balaban J connectivity index is 1.80. The highest BCUT2D eigenvalue weighted by molar-refractivity contribution is 6.33. The average molecular weight is 392 g/mol. The van der Waals surface area contributed by atoms with Gasteiger partial charge in [-0.15, -0.1) is 0 Å². The molecule has 0 saturated carbocycles. The van der Waals surface area contributed by atoms with Crippen molar-refractivity contribution in [3.63, 3.8) is 0 Å². The zero-order chi connectivity index (χ0) is 19.8. The van der Waals surface area contributed by atoms with Gasteiger partial charge in [-0.25, -0.2) is 4.98 Å². The van der Waals surface area contributed by atoms with Gasteiger partial charge in [0.05, 0.1) is 11.8 Å². The lowest BCUT2D eigenvalue weighted by Crippen LogP contribution is -2.13. The number of carbonyl (C=O) groups is 1. The molecule has 1 amide bonds. The molecule has 0 spiro atoms. The van der Waals surface area contributed by atoms with E-state index in [0.717, 1.165) is 16.7 Å². The molecule has 28 heavy (non-hydrogen) atoms. The second-order valence-electron chi connectivity index (χ2n) is 5.78. The highest BCUT2D eigenvalue weighted by Gasteiger charge is 2.13. The fourth-order valence-electron chi connectivity index (χ4n) is 2.53. The van der Waals surface area contributed by atoms with Crippen molar-refractivity contribution < 1.29 is 9.63 Å². The Labute approximate surface area is 168 Å². The Hall–Kier alpha value is -3.44. The second-order valence-corrected chi connectivity index (χ2v) is 6.14. The van der Waals surface area contributed by atoms with Crippen LogP contribution in [0, 0.1) is 0 Å². The molecule has 5 nitrogen and oxygen atoms in total. The summed E-state index contributed by atoms with van der Waals surface area (Å²) >= 11 is 6.02. The monoisotopic (exact) mass is 391 g/mol. The molecule has 6 heteroatoms. The number of anilines is 1. The van der Waals surface area contributed by atoms with Crippen LogP contribution in [0.15, 0.2) is 84.7 Å². The number of hydrogen-bond acceptors (Lipinski definition) is 4. The predicted octanol–water partition coefficient (Wildman–Crippen LogP) is 5.19. The molecule has 0 bridgehead atoms. The maximum atomic E-state index is 12.6. The number of nitrogens with zero attached hydrogens (tertiary/aromatic N) is 2. The zero-order valence-electron chi connectivity index (χ0n) is 15.0. The van der Waals surface area contributed by atoms with E-state index in [1.165, 1.54) is 0 Å². The summed E-state index contributed by atoms with van der Waals surface area (Å²) in [6.45, 7) is 3.93. The molecule has 2 aromatic carbocycles. The molecule has 3 aromatic rings. The molecule has 0 atom stereocenters. The van der Waals surface area contributed by atoms with E-state index in [1.54, 1.807) is 30.6 Å². The first kappa shape index (κ1) is 19.3. The Morgan fingerprint density at radius 2 is 1.93 bits per heavy atom. The van der Waals surface area contributed by atoms with E-state index < -0.39 is 0 Å². The van der Waals surface area contributed by atoms with E-state index in [1.807, 2.05) is 48.5 Å². The Morgan fingerprint density at radius 3 is 2.68 bits per heavy atom.